The fourth-order valence-electron chi connectivity index (χ4n) is 1.13. The van der Waals surface area contributed by atoms with Crippen molar-refractivity contribution in [2.75, 3.05) is 12.9 Å². The molecule has 0 N–H and O–H groups in total. The molecule has 0 atom stereocenters. The zero-order valence-electron chi connectivity index (χ0n) is 8.86. The van der Waals surface area contributed by atoms with Crippen molar-refractivity contribution in [3.63, 3.8) is 0 Å². The summed E-state index contributed by atoms with van der Waals surface area (Å²) in [4.78, 5) is 11.5. The molecular formula is C10H11BrO4S. The summed E-state index contributed by atoms with van der Waals surface area (Å²) in [6, 6.07) is 4.24. The Kier molecular flexibility index (Phi) is 4.09. The van der Waals surface area contributed by atoms with E-state index >= 15 is 0 Å². The number of halogens is 1. The second-order valence-corrected chi connectivity index (χ2v) is 6.17. The molecule has 0 fully saturated rings. The molecule has 6 heteroatoms. The lowest BCUT2D eigenvalue weighted by Crippen LogP contribution is -2.06. The van der Waals surface area contributed by atoms with Gasteiger partial charge in [0.1, 0.15) is 0 Å². The van der Waals surface area contributed by atoms with Crippen LogP contribution in [-0.2, 0) is 14.6 Å². The van der Waals surface area contributed by atoms with Crippen LogP contribution in [0.25, 0.3) is 0 Å². The quantitative estimate of drug-likeness (QED) is 0.802. The van der Waals surface area contributed by atoms with Crippen LogP contribution in [0.4, 0.5) is 0 Å². The molecular weight excluding hydrogens is 296 g/mol. The highest BCUT2D eigenvalue weighted by molar-refractivity contribution is 9.10. The maximum atomic E-state index is 11.6. The van der Waals surface area contributed by atoms with Crippen molar-refractivity contribution in [2.24, 2.45) is 0 Å². The summed E-state index contributed by atoms with van der Waals surface area (Å²) < 4.78 is 28.1. The third-order valence-corrected chi connectivity index (χ3v) is 4.47. The molecule has 0 radical (unpaired) electrons. The predicted octanol–water partition coefficient (Wildman–Crippen LogP) is 2.03. The smallest absolute Gasteiger partial charge is 0.339 e. The molecule has 1 rings (SSSR count). The first-order valence-corrected chi connectivity index (χ1v) is 6.97. The van der Waals surface area contributed by atoms with Crippen molar-refractivity contribution in [3.8, 4) is 0 Å². The van der Waals surface area contributed by atoms with E-state index in [2.05, 4.69) is 20.7 Å². The van der Waals surface area contributed by atoms with Crippen LogP contribution >= 0.6 is 15.9 Å². The Labute approximate surface area is 103 Å². The Morgan fingerprint density at radius 1 is 1.44 bits per heavy atom. The van der Waals surface area contributed by atoms with E-state index in [-0.39, 0.29) is 10.6 Å². The Bertz CT molecular complexity index is 508. The van der Waals surface area contributed by atoms with Gasteiger partial charge in [-0.2, -0.15) is 0 Å². The number of methoxy groups -OCH3 is 1. The van der Waals surface area contributed by atoms with E-state index in [0.717, 1.165) is 0 Å². The Hall–Kier alpha value is -0.880. The fraction of sp³-hybridized carbons (Fsp3) is 0.300. The van der Waals surface area contributed by atoms with Crippen molar-refractivity contribution in [1.82, 2.24) is 0 Å². The molecule has 16 heavy (non-hydrogen) atoms. The fourth-order valence-corrected chi connectivity index (χ4v) is 2.73. The number of carbonyl (C=O) groups excluding carboxylic acids is 1. The highest BCUT2D eigenvalue weighted by Crippen LogP contribution is 2.22. The van der Waals surface area contributed by atoms with E-state index in [0.29, 0.717) is 10.0 Å². The summed E-state index contributed by atoms with van der Waals surface area (Å²) in [5.74, 6) is -0.482. The predicted molar refractivity (Wildman–Crippen MR) is 63.2 cm³/mol. The van der Waals surface area contributed by atoms with E-state index in [1.54, 1.807) is 6.92 Å². The monoisotopic (exact) mass is 306 g/mol. The topological polar surface area (TPSA) is 60.4 Å². The molecule has 0 aromatic heterocycles. The van der Waals surface area contributed by atoms with Gasteiger partial charge in [0.25, 0.3) is 0 Å². The van der Waals surface area contributed by atoms with Crippen LogP contribution in [0.3, 0.4) is 0 Å². The second-order valence-electron chi connectivity index (χ2n) is 3.04. The molecule has 0 heterocycles. The molecule has 0 aliphatic rings. The van der Waals surface area contributed by atoms with Gasteiger partial charge in [-0.3, -0.25) is 0 Å². The lowest BCUT2D eigenvalue weighted by atomic mass is 10.2. The first-order valence-electron chi connectivity index (χ1n) is 4.53. The van der Waals surface area contributed by atoms with Gasteiger partial charge in [-0.1, -0.05) is 6.92 Å². The number of sulfone groups is 1. The molecule has 0 aliphatic carbocycles. The first-order chi connectivity index (χ1) is 7.42. The van der Waals surface area contributed by atoms with Crippen molar-refractivity contribution in [2.45, 2.75) is 11.8 Å². The van der Waals surface area contributed by atoms with Gasteiger partial charge in [-0.05, 0) is 34.1 Å². The van der Waals surface area contributed by atoms with Crippen molar-refractivity contribution < 1.29 is 17.9 Å². The maximum Gasteiger partial charge on any atom is 0.339 e. The summed E-state index contributed by atoms with van der Waals surface area (Å²) in [6.07, 6.45) is 0. The van der Waals surface area contributed by atoms with E-state index in [1.165, 1.54) is 25.3 Å². The summed E-state index contributed by atoms with van der Waals surface area (Å²) in [5, 5.41) is 0. The van der Waals surface area contributed by atoms with Gasteiger partial charge in [0.05, 0.1) is 23.3 Å². The van der Waals surface area contributed by atoms with Crippen LogP contribution in [0.5, 0.6) is 0 Å². The summed E-state index contributed by atoms with van der Waals surface area (Å²) in [6.45, 7) is 1.57. The first kappa shape index (κ1) is 13.2. The van der Waals surface area contributed by atoms with Gasteiger partial charge in [-0.15, -0.1) is 0 Å². The third-order valence-electron chi connectivity index (χ3n) is 2.09. The summed E-state index contributed by atoms with van der Waals surface area (Å²) in [5.41, 5.74) is 0.303. The normalized spacial score (nSPS) is 11.2. The largest absolute Gasteiger partial charge is 0.465 e. The van der Waals surface area contributed by atoms with Gasteiger partial charge < -0.3 is 4.74 Å². The number of hydrogen-bond donors (Lipinski definition) is 0. The van der Waals surface area contributed by atoms with Gasteiger partial charge in [-0.25, -0.2) is 13.2 Å². The lowest BCUT2D eigenvalue weighted by Gasteiger charge is -2.05. The van der Waals surface area contributed by atoms with Crippen LogP contribution in [0.15, 0.2) is 27.6 Å². The van der Waals surface area contributed by atoms with Crippen LogP contribution in [0.1, 0.15) is 17.3 Å². The Morgan fingerprint density at radius 2 is 2.06 bits per heavy atom. The second kappa shape index (κ2) is 4.97. The molecule has 1 aromatic rings. The molecule has 4 nitrogen and oxygen atoms in total. The number of esters is 1. The third kappa shape index (κ3) is 2.62. The molecule has 0 bridgehead atoms. The molecule has 0 aliphatic heterocycles. The van der Waals surface area contributed by atoms with Crippen LogP contribution in [-0.4, -0.2) is 27.2 Å². The van der Waals surface area contributed by atoms with Crippen LogP contribution in [0, 0.1) is 0 Å². The average Bonchev–Trinajstić information content (AvgIpc) is 2.28. The zero-order chi connectivity index (χ0) is 12.3. The zero-order valence-corrected chi connectivity index (χ0v) is 11.3. The average molecular weight is 307 g/mol. The van der Waals surface area contributed by atoms with E-state index < -0.39 is 15.8 Å². The number of carbonyl (C=O) groups is 1. The van der Waals surface area contributed by atoms with Crippen LogP contribution < -0.4 is 0 Å². The number of ether oxygens (including phenoxy) is 1. The Morgan fingerprint density at radius 3 is 2.50 bits per heavy atom. The van der Waals surface area contributed by atoms with Gasteiger partial charge in [0.2, 0.25) is 0 Å². The SMILES string of the molecule is CCS(=O)(=O)c1ccc(C(=O)OC)c(Br)c1. The lowest BCUT2D eigenvalue weighted by molar-refractivity contribution is 0.0599. The van der Waals surface area contributed by atoms with Crippen molar-refractivity contribution in [3.05, 3.63) is 28.2 Å². The van der Waals surface area contributed by atoms with Crippen molar-refractivity contribution in [1.29, 1.82) is 0 Å². The minimum atomic E-state index is -3.25. The summed E-state index contributed by atoms with van der Waals surface area (Å²) in [7, 11) is -1.98. The standard InChI is InChI=1S/C10H11BrO4S/c1-3-16(13,14)7-4-5-8(9(11)6-7)10(12)15-2/h4-6H,3H2,1-2H3. The van der Waals surface area contributed by atoms with Gasteiger partial charge >= 0.3 is 5.97 Å². The van der Waals surface area contributed by atoms with Crippen LogP contribution in [0.2, 0.25) is 0 Å². The molecule has 0 amide bonds. The molecule has 0 spiro atoms. The Balaban J connectivity index is 3.25. The van der Waals surface area contributed by atoms with Gasteiger partial charge in [0, 0.05) is 4.47 Å². The summed E-state index contributed by atoms with van der Waals surface area (Å²) >= 11 is 3.14. The van der Waals surface area contributed by atoms with Gasteiger partial charge in [0.15, 0.2) is 9.84 Å². The van der Waals surface area contributed by atoms with E-state index in [4.69, 9.17) is 0 Å². The molecule has 88 valence electrons. The van der Waals surface area contributed by atoms with E-state index in [9.17, 15) is 13.2 Å². The molecule has 0 saturated carbocycles. The highest BCUT2D eigenvalue weighted by Gasteiger charge is 2.16. The molecule has 1 aromatic carbocycles. The number of hydrogen-bond acceptors (Lipinski definition) is 4. The maximum absolute atomic E-state index is 11.6. The molecule has 0 unspecified atom stereocenters. The van der Waals surface area contributed by atoms with Crippen molar-refractivity contribution >= 4 is 31.7 Å². The molecule has 0 saturated heterocycles. The minimum Gasteiger partial charge on any atom is -0.465 e. The minimum absolute atomic E-state index is 0.0248. The number of benzene rings is 1. The van der Waals surface area contributed by atoms with E-state index in [1.807, 2.05) is 0 Å². The number of rotatable bonds is 3. The highest BCUT2D eigenvalue weighted by atomic mass is 79.9.